The van der Waals surface area contributed by atoms with Crippen molar-refractivity contribution in [1.82, 2.24) is 9.97 Å². The third-order valence-corrected chi connectivity index (χ3v) is 3.88. The van der Waals surface area contributed by atoms with Crippen LogP contribution < -0.4 is 10.6 Å². The fourth-order valence-corrected chi connectivity index (χ4v) is 2.78. The average molecular weight is 262 g/mol. The fraction of sp³-hybridized carbons (Fsp3) is 0.733. The summed E-state index contributed by atoms with van der Waals surface area (Å²) in [6.45, 7) is 7.28. The third kappa shape index (κ3) is 4.08. The van der Waals surface area contributed by atoms with Gasteiger partial charge in [-0.3, -0.25) is 0 Å². The maximum Gasteiger partial charge on any atom is 0.224 e. The SMILES string of the molecule is CCNc1nc(C)cc(NC2CCCCCC2C)n1. The molecule has 1 aromatic heterocycles. The van der Waals surface area contributed by atoms with Gasteiger partial charge in [-0.1, -0.05) is 26.2 Å². The lowest BCUT2D eigenvalue weighted by Gasteiger charge is -2.23. The third-order valence-electron chi connectivity index (χ3n) is 3.88. The van der Waals surface area contributed by atoms with Gasteiger partial charge in [0, 0.05) is 24.3 Å². The summed E-state index contributed by atoms with van der Waals surface area (Å²) >= 11 is 0. The van der Waals surface area contributed by atoms with Gasteiger partial charge in [-0.05, 0) is 32.6 Å². The van der Waals surface area contributed by atoms with E-state index in [1.807, 2.05) is 13.0 Å². The van der Waals surface area contributed by atoms with E-state index >= 15 is 0 Å². The number of hydrogen-bond donors (Lipinski definition) is 2. The molecule has 0 aliphatic heterocycles. The summed E-state index contributed by atoms with van der Waals surface area (Å²) in [6.07, 6.45) is 6.63. The number of nitrogens with zero attached hydrogens (tertiary/aromatic N) is 2. The van der Waals surface area contributed by atoms with Crippen molar-refractivity contribution in [3.8, 4) is 0 Å². The summed E-state index contributed by atoms with van der Waals surface area (Å²) in [6, 6.07) is 2.59. The molecule has 0 saturated heterocycles. The smallest absolute Gasteiger partial charge is 0.224 e. The zero-order valence-electron chi connectivity index (χ0n) is 12.4. The standard InChI is InChI=1S/C15H26N4/c1-4-16-15-17-12(3)10-14(19-15)18-13-9-7-5-6-8-11(13)2/h10-11,13H,4-9H2,1-3H3,(H2,16,17,18,19). The number of nitrogens with one attached hydrogen (secondary N) is 2. The van der Waals surface area contributed by atoms with Gasteiger partial charge in [0.25, 0.3) is 0 Å². The van der Waals surface area contributed by atoms with E-state index in [1.54, 1.807) is 0 Å². The van der Waals surface area contributed by atoms with E-state index in [1.165, 1.54) is 32.1 Å². The molecule has 2 unspecified atom stereocenters. The Morgan fingerprint density at radius 3 is 2.79 bits per heavy atom. The second kappa shape index (κ2) is 6.73. The van der Waals surface area contributed by atoms with Gasteiger partial charge in [0.05, 0.1) is 0 Å². The maximum atomic E-state index is 4.55. The minimum absolute atomic E-state index is 0.547. The van der Waals surface area contributed by atoms with Gasteiger partial charge < -0.3 is 10.6 Å². The van der Waals surface area contributed by atoms with Gasteiger partial charge in [-0.2, -0.15) is 4.98 Å². The monoisotopic (exact) mass is 262 g/mol. The Hall–Kier alpha value is -1.32. The van der Waals surface area contributed by atoms with Gasteiger partial charge in [-0.15, -0.1) is 0 Å². The van der Waals surface area contributed by atoms with Gasteiger partial charge in [0.1, 0.15) is 5.82 Å². The van der Waals surface area contributed by atoms with Crippen LogP contribution in [0.25, 0.3) is 0 Å². The lowest BCUT2D eigenvalue weighted by atomic mass is 9.97. The topological polar surface area (TPSA) is 49.8 Å². The van der Waals surface area contributed by atoms with Crippen molar-refractivity contribution in [3.63, 3.8) is 0 Å². The van der Waals surface area contributed by atoms with Crippen LogP contribution in [0.15, 0.2) is 6.07 Å². The van der Waals surface area contributed by atoms with Gasteiger partial charge in [-0.25, -0.2) is 4.98 Å². The lowest BCUT2D eigenvalue weighted by Crippen LogP contribution is -2.27. The van der Waals surface area contributed by atoms with Crippen LogP contribution in [0, 0.1) is 12.8 Å². The molecule has 0 spiro atoms. The lowest BCUT2D eigenvalue weighted by molar-refractivity contribution is 0.455. The van der Waals surface area contributed by atoms with Crippen molar-refractivity contribution < 1.29 is 0 Å². The first-order valence-corrected chi connectivity index (χ1v) is 7.55. The highest BCUT2D eigenvalue weighted by molar-refractivity contribution is 5.43. The second-order valence-corrected chi connectivity index (χ2v) is 5.61. The second-order valence-electron chi connectivity index (χ2n) is 5.61. The molecule has 1 fully saturated rings. The van der Waals surface area contributed by atoms with Crippen LogP contribution in [0.5, 0.6) is 0 Å². The highest BCUT2D eigenvalue weighted by atomic mass is 15.1. The van der Waals surface area contributed by atoms with Crippen LogP contribution in [0.4, 0.5) is 11.8 Å². The highest BCUT2D eigenvalue weighted by Gasteiger charge is 2.20. The van der Waals surface area contributed by atoms with Crippen molar-refractivity contribution in [2.24, 2.45) is 5.92 Å². The highest BCUT2D eigenvalue weighted by Crippen LogP contribution is 2.25. The minimum Gasteiger partial charge on any atom is -0.367 e. The van der Waals surface area contributed by atoms with E-state index in [2.05, 4.69) is 34.4 Å². The number of hydrogen-bond acceptors (Lipinski definition) is 4. The summed E-state index contributed by atoms with van der Waals surface area (Å²) in [5.41, 5.74) is 1.01. The number of aromatic nitrogens is 2. The Labute approximate surface area is 116 Å². The Balaban J connectivity index is 2.08. The van der Waals surface area contributed by atoms with Crippen LogP contribution >= 0.6 is 0 Å². The van der Waals surface area contributed by atoms with E-state index in [4.69, 9.17) is 0 Å². The first kappa shape index (κ1) is 14.1. The summed E-state index contributed by atoms with van der Waals surface area (Å²) in [4.78, 5) is 8.94. The van der Waals surface area contributed by atoms with Crippen molar-refractivity contribution in [2.75, 3.05) is 17.2 Å². The van der Waals surface area contributed by atoms with Crippen molar-refractivity contribution in [1.29, 1.82) is 0 Å². The molecule has 19 heavy (non-hydrogen) atoms. The normalized spacial score (nSPS) is 23.7. The van der Waals surface area contributed by atoms with E-state index in [0.717, 1.165) is 29.9 Å². The predicted octanol–water partition coefficient (Wildman–Crippen LogP) is 3.60. The Bertz CT molecular complexity index is 405. The molecule has 1 aliphatic rings. The Morgan fingerprint density at radius 2 is 2.00 bits per heavy atom. The molecule has 1 aromatic rings. The molecule has 2 atom stereocenters. The van der Waals surface area contributed by atoms with Crippen molar-refractivity contribution in [3.05, 3.63) is 11.8 Å². The summed E-state index contributed by atoms with van der Waals surface area (Å²) in [5.74, 6) is 2.41. The fourth-order valence-electron chi connectivity index (χ4n) is 2.78. The van der Waals surface area contributed by atoms with Crippen LogP contribution in [0.1, 0.15) is 51.6 Å². The number of anilines is 2. The van der Waals surface area contributed by atoms with E-state index in [9.17, 15) is 0 Å². The molecule has 106 valence electrons. The molecule has 4 nitrogen and oxygen atoms in total. The Kier molecular flexibility index (Phi) is 5.00. The van der Waals surface area contributed by atoms with E-state index < -0.39 is 0 Å². The molecule has 0 radical (unpaired) electrons. The summed E-state index contributed by atoms with van der Waals surface area (Å²) in [7, 11) is 0. The van der Waals surface area contributed by atoms with Crippen LogP contribution in [-0.2, 0) is 0 Å². The van der Waals surface area contributed by atoms with Gasteiger partial charge >= 0.3 is 0 Å². The average Bonchev–Trinajstić information content (AvgIpc) is 2.55. The molecule has 0 aromatic carbocycles. The molecule has 1 saturated carbocycles. The first-order valence-electron chi connectivity index (χ1n) is 7.55. The first-order chi connectivity index (χ1) is 9.19. The molecule has 1 aliphatic carbocycles. The zero-order valence-corrected chi connectivity index (χ0v) is 12.4. The van der Waals surface area contributed by atoms with E-state index in [-0.39, 0.29) is 0 Å². The molecule has 1 heterocycles. The Morgan fingerprint density at radius 1 is 1.21 bits per heavy atom. The van der Waals surface area contributed by atoms with E-state index in [0.29, 0.717) is 6.04 Å². The molecule has 4 heteroatoms. The van der Waals surface area contributed by atoms with Crippen LogP contribution in [0.2, 0.25) is 0 Å². The maximum absolute atomic E-state index is 4.55. The zero-order chi connectivity index (χ0) is 13.7. The molecule has 2 N–H and O–H groups in total. The quantitative estimate of drug-likeness (QED) is 0.814. The minimum atomic E-state index is 0.547. The van der Waals surface area contributed by atoms with Crippen molar-refractivity contribution in [2.45, 2.75) is 58.9 Å². The number of rotatable bonds is 4. The molecular weight excluding hydrogens is 236 g/mol. The molecule has 0 amide bonds. The molecular formula is C15H26N4. The van der Waals surface area contributed by atoms with Crippen LogP contribution in [0.3, 0.4) is 0 Å². The predicted molar refractivity (Wildman–Crippen MR) is 80.6 cm³/mol. The molecule has 2 rings (SSSR count). The van der Waals surface area contributed by atoms with Crippen molar-refractivity contribution >= 4 is 11.8 Å². The summed E-state index contributed by atoms with van der Waals surface area (Å²) < 4.78 is 0. The summed E-state index contributed by atoms with van der Waals surface area (Å²) in [5, 5.41) is 6.81. The largest absolute Gasteiger partial charge is 0.367 e. The number of aryl methyl sites for hydroxylation is 1. The van der Waals surface area contributed by atoms with Crippen LogP contribution in [-0.4, -0.2) is 22.6 Å². The van der Waals surface area contributed by atoms with Gasteiger partial charge in [0.15, 0.2) is 0 Å². The van der Waals surface area contributed by atoms with Gasteiger partial charge in [0.2, 0.25) is 5.95 Å². The molecule has 0 bridgehead atoms.